The molecule has 0 amide bonds. The lowest BCUT2D eigenvalue weighted by Gasteiger charge is -2.36. The zero-order valence-corrected chi connectivity index (χ0v) is 12.5. The number of alkyl halides is 6. The van der Waals surface area contributed by atoms with Crippen molar-refractivity contribution >= 4 is 8.80 Å². The van der Waals surface area contributed by atoms with Gasteiger partial charge in [-0.15, -0.1) is 0 Å². The predicted molar refractivity (Wildman–Crippen MR) is 61.6 cm³/mol. The van der Waals surface area contributed by atoms with Crippen LogP contribution in [0.1, 0.15) is 13.3 Å². The highest BCUT2D eigenvalue weighted by atomic mass is 28.4. The molecular formula is C10H18F6O3Si. The van der Waals surface area contributed by atoms with Crippen LogP contribution >= 0.6 is 0 Å². The maximum absolute atomic E-state index is 14.0. The van der Waals surface area contributed by atoms with Gasteiger partial charge in [0.2, 0.25) is 6.17 Å². The molecular weight excluding hydrogens is 310 g/mol. The summed E-state index contributed by atoms with van der Waals surface area (Å²) >= 11 is 0. The van der Waals surface area contributed by atoms with E-state index in [1.807, 2.05) is 0 Å². The van der Waals surface area contributed by atoms with Gasteiger partial charge < -0.3 is 13.3 Å². The van der Waals surface area contributed by atoms with Gasteiger partial charge >= 0.3 is 14.7 Å². The zero-order valence-electron chi connectivity index (χ0n) is 11.5. The van der Waals surface area contributed by atoms with E-state index in [-0.39, 0.29) is 6.42 Å². The summed E-state index contributed by atoms with van der Waals surface area (Å²) < 4.78 is 92.6. The number of hydrogen-bond donors (Lipinski definition) is 0. The van der Waals surface area contributed by atoms with Gasteiger partial charge in [0.05, 0.1) is 5.54 Å². The van der Waals surface area contributed by atoms with E-state index in [0.717, 1.165) is 21.3 Å². The third kappa shape index (κ3) is 3.65. The monoisotopic (exact) mass is 328 g/mol. The van der Waals surface area contributed by atoms with Crippen molar-refractivity contribution in [2.45, 2.75) is 43.6 Å². The molecule has 0 radical (unpaired) electrons. The average molecular weight is 328 g/mol. The molecule has 122 valence electrons. The summed E-state index contributed by atoms with van der Waals surface area (Å²) in [6.45, 7) is 1.32. The van der Waals surface area contributed by atoms with E-state index in [9.17, 15) is 26.3 Å². The number of rotatable bonds is 9. The minimum atomic E-state index is -4.87. The van der Waals surface area contributed by atoms with Crippen LogP contribution in [0.25, 0.3) is 0 Å². The van der Waals surface area contributed by atoms with Crippen LogP contribution in [0.3, 0.4) is 0 Å². The van der Waals surface area contributed by atoms with E-state index in [4.69, 9.17) is 13.3 Å². The molecule has 0 heterocycles. The molecule has 10 heteroatoms. The van der Waals surface area contributed by atoms with Crippen molar-refractivity contribution in [1.29, 1.82) is 0 Å². The van der Waals surface area contributed by atoms with Crippen LogP contribution in [-0.4, -0.2) is 54.8 Å². The Morgan fingerprint density at radius 3 is 1.55 bits per heavy atom. The largest absolute Gasteiger partial charge is 0.506 e. The zero-order chi connectivity index (χ0) is 16.1. The van der Waals surface area contributed by atoms with E-state index in [1.165, 1.54) is 6.92 Å². The summed E-state index contributed by atoms with van der Waals surface area (Å²) in [5, 5.41) is 0. The molecule has 0 aliphatic heterocycles. The van der Waals surface area contributed by atoms with Crippen LogP contribution in [0, 0.1) is 0 Å². The highest BCUT2D eigenvalue weighted by molar-refractivity contribution is 6.62. The van der Waals surface area contributed by atoms with Gasteiger partial charge in [0, 0.05) is 21.3 Å². The summed E-state index contributed by atoms with van der Waals surface area (Å²) in [6.07, 6.45) is -11.4. The predicted octanol–water partition coefficient (Wildman–Crippen LogP) is 3.22. The van der Waals surface area contributed by atoms with Crippen LogP contribution in [0.4, 0.5) is 26.3 Å². The molecule has 0 aliphatic rings. The first-order valence-corrected chi connectivity index (χ1v) is 7.54. The highest BCUT2D eigenvalue weighted by Crippen LogP contribution is 2.43. The smallest absolute Gasteiger partial charge is 0.377 e. The first-order chi connectivity index (χ1) is 9.14. The molecule has 0 fully saturated rings. The lowest BCUT2D eigenvalue weighted by Crippen LogP contribution is -2.56. The lowest BCUT2D eigenvalue weighted by molar-refractivity contribution is -0.170. The molecule has 0 spiro atoms. The maximum atomic E-state index is 14.0. The second kappa shape index (κ2) is 7.62. The van der Waals surface area contributed by atoms with Gasteiger partial charge in [-0.05, 0) is 6.42 Å². The van der Waals surface area contributed by atoms with Crippen molar-refractivity contribution < 1.29 is 39.6 Å². The first kappa shape index (κ1) is 19.7. The second-order valence-electron chi connectivity index (χ2n) is 4.04. The van der Waals surface area contributed by atoms with Crippen LogP contribution in [0.5, 0.6) is 0 Å². The molecule has 3 unspecified atom stereocenters. The van der Waals surface area contributed by atoms with Gasteiger partial charge in [-0.3, -0.25) is 0 Å². The summed E-state index contributed by atoms with van der Waals surface area (Å²) in [7, 11) is -0.680. The Hall–Kier alpha value is -0.323. The maximum Gasteiger partial charge on any atom is 0.506 e. The minimum absolute atomic E-state index is 0.255. The molecule has 0 N–H and O–H groups in total. The summed E-state index contributed by atoms with van der Waals surface area (Å²) in [5.41, 5.74) is -1.67. The molecule has 0 saturated heterocycles. The van der Waals surface area contributed by atoms with E-state index in [1.54, 1.807) is 0 Å². The summed E-state index contributed by atoms with van der Waals surface area (Å²) in [5.74, 6) is -4.87. The van der Waals surface area contributed by atoms with Gasteiger partial charge in [0.25, 0.3) is 6.43 Å². The van der Waals surface area contributed by atoms with E-state index in [2.05, 4.69) is 0 Å². The molecule has 0 aromatic rings. The quantitative estimate of drug-likeness (QED) is 0.480. The molecule has 3 nitrogen and oxygen atoms in total. The lowest BCUT2D eigenvalue weighted by atomic mass is 10.0. The highest BCUT2D eigenvalue weighted by Gasteiger charge is 2.62. The number of hydrogen-bond acceptors (Lipinski definition) is 3. The van der Waals surface area contributed by atoms with Crippen LogP contribution in [0.15, 0.2) is 0 Å². The average Bonchev–Trinajstić information content (AvgIpc) is 2.43. The van der Waals surface area contributed by atoms with Gasteiger partial charge in [-0.2, -0.15) is 8.78 Å². The molecule has 3 atom stereocenters. The van der Waals surface area contributed by atoms with Crippen molar-refractivity contribution in [2.75, 3.05) is 21.3 Å². The molecule has 0 bridgehead atoms. The fraction of sp³-hybridized carbons (Fsp3) is 1.00. The Kier molecular flexibility index (Phi) is 7.50. The third-order valence-corrected chi connectivity index (χ3v) is 6.37. The van der Waals surface area contributed by atoms with E-state index in [0.29, 0.717) is 0 Å². The Labute approximate surface area is 114 Å². The summed E-state index contributed by atoms with van der Waals surface area (Å²) in [6, 6.07) is 0. The molecule has 0 aromatic carbocycles. The van der Waals surface area contributed by atoms with Gasteiger partial charge in [0.15, 0.2) is 6.17 Å². The Morgan fingerprint density at radius 2 is 1.30 bits per heavy atom. The Balaban J connectivity index is 5.44. The van der Waals surface area contributed by atoms with Gasteiger partial charge in [-0.1, -0.05) is 6.92 Å². The molecule has 0 saturated carbocycles. The van der Waals surface area contributed by atoms with Crippen molar-refractivity contribution in [3.63, 3.8) is 0 Å². The standard InChI is InChI=1S/C10H18F6O3Si/c1-5-6(20(17-2,18-3)19-4)7(11)10(15,16)8(12)9(13)14/h6-9H,5H2,1-4H3. The molecule has 0 rings (SSSR count). The first-order valence-electron chi connectivity index (χ1n) is 5.74. The van der Waals surface area contributed by atoms with Crippen molar-refractivity contribution in [2.24, 2.45) is 0 Å². The Morgan fingerprint density at radius 1 is 0.900 bits per heavy atom. The Bertz CT molecular complexity index is 282. The molecule has 20 heavy (non-hydrogen) atoms. The van der Waals surface area contributed by atoms with Crippen LogP contribution < -0.4 is 0 Å². The van der Waals surface area contributed by atoms with Crippen molar-refractivity contribution in [1.82, 2.24) is 0 Å². The molecule has 0 aliphatic carbocycles. The molecule has 0 aromatic heterocycles. The minimum Gasteiger partial charge on any atom is -0.377 e. The van der Waals surface area contributed by atoms with Crippen LogP contribution in [0.2, 0.25) is 5.54 Å². The van der Waals surface area contributed by atoms with Crippen molar-refractivity contribution in [3.8, 4) is 0 Å². The van der Waals surface area contributed by atoms with Crippen LogP contribution in [-0.2, 0) is 13.3 Å². The fourth-order valence-electron chi connectivity index (χ4n) is 1.93. The van der Waals surface area contributed by atoms with Gasteiger partial charge in [-0.25, -0.2) is 17.6 Å². The SMILES string of the molecule is CCC(C(F)C(F)(F)C(F)C(F)F)[Si](OC)(OC)OC. The third-order valence-electron chi connectivity index (χ3n) is 3.06. The topological polar surface area (TPSA) is 27.7 Å². The van der Waals surface area contributed by atoms with Gasteiger partial charge in [0.1, 0.15) is 0 Å². The van der Waals surface area contributed by atoms with E-state index < -0.39 is 39.0 Å². The van der Waals surface area contributed by atoms with E-state index >= 15 is 0 Å². The normalized spacial score (nSPS) is 18.1. The van der Waals surface area contributed by atoms with Crippen molar-refractivity contribution in [3.05, 3.63) is 0 Å². The summed E-state index contributed by atoms with van der Waals surface area (Å²) in [4.78, 5) is 0. The number of halogens is 6. The fourth-order valence-corrected chi connectivity index (χ4v) is 4.42. The second-order valence-corrected chi connectivity index (χ2v) is 7.22.